The topological polar surface area (TPSA) is 29.1 Å². The number of allylic oxidation sites excluding steroid dienone is 1. The third kappa shape index (κ3) is 0.735. The minimum atomic E-state index is 0.00926. The van der Waals surface area contributed by atoms with Crippen molar-refractivity contribution < 1.29 is 4.79 Å². The van der Waals surface area contributed by atoms with Gasteiger partial charge in [-0.2, -0.15) is 0 Å². The molecule has 0 aliphatic carbocycles. The maximum absolute atomic E-state index is 10.6. The van der Waals surface area contributed by atoms with E-state index in [9.17, 15) is 4.79 Å². The van der Waals surface area contributed by atoms with Crippen LogP contribution in [0, 0.1) is 0 Å². The minimum absolute atomic E-state index is 0.00926. The van der Waals surface area contributed by atoms with E-state index in [4.69, 9.17) is 0 Å². The zero-order chi connectivity index (χ0) is 6.15. The summed E-state index contributed by atoms with van der Waals surface area (Å²) in [6.07, 6.45) is 1.63. The zero-order valence-electron chi connectivity index (χ0n) is 5.06. The maximum atomic E-state index is 10.6. The SMILES string of the molecule is CC1=CC(=O)[C@H](C)N1. The Morgan fingerprint density at radius 2 is 2.38 bits per heavy atom. The van der Waals surface area contributed by atoms with Gasteiger partial charge in [0.15, 0.2) is 5.78 Å². The molecule has 2 nitrogen and oxygen atoms in total. The van der Waals surface area contributed by atoms with Crippen LogP contribution in [0.5, 0.6) is 0 Å². The van der Waals surface area contributed by atoms with E-state index in [1.807, 2.05) is 13.8 Å². The van der Waals surface area contributed by atoms with Crippen molar-refractivity contribution in [3.63, 3.8) is 0 Å². The van der Waals surface area contributed by atoms with Crippen LogP contribution in [0.25, 0.3) is 0 Å². The van der Waals surface area contributed by atoms with E-state index in [2.05, 4.69) is 5.32 Å². The number of hydrogen-bond acceptors (Lipinski definition) is 2. The van der Waals surface area contributed by atoms with Crippen LogP contribution in [0.1, 0.15) is 13.8 Å². The lowest BCUT2D eigenvalue weighted by Crippen LogP contribution is -2.23. The van der Waals surface area contributed by atoms with Gasteiger partial charge in [-0.3, -0.25) is 4.79 Å². The van der Waals surface area contributed by atoms with E-state index >= 15 is 0 Å². The Morgan fingerprint density at radius 3 is 2.50 bits per heavy atom. The number of ketones is 1. The second kappa shape index (κ2) is 1.62. The zero-order valence-corrected chi connectivity index (χ0v) is 5.06. The molecule has 8 heavy (non-hydrogen) atoms. The van der Waals surface area contributed by atoms with Crippen LogP contribution in [0.4, 0.5) is 0 Å². The maximum Gasteiger partial charge on any atom is 0.179 e. The van der Waals surface area contributed by atoms with Crippen molar-refractivity contribution in [2.45, 2.75) is 19.9 Å². The molecule has 0 bridgehead atoms. The van der Waals surface area contributed by atoms with E-state index in [-0.39, 0.29) is 11.8 Å². The van der Waals surface area contributed by atoms with Crippen molar-refractivity contribution >= 4 is 5.78 Å². The van der Waals surface area contributed by atoms with Crippen LogP contribution in [-0.2, 0) is 4.79 Å². The van der Waals surface area contributed by atoms with Crippen LogP contribution in [0.2, 0.25) is 0 Å². The Hall–Kier alpha value is -0.790. The van der Waals surface area contributed by atoms with E-state index in [0.717, 1.165) is 5.70 Å². The normalized spacial score (nSPS) is 27.5. The molecule has 0 amide bonds. The molecule has 1 atom stereocenters. The van der Waals surface area contributed by atoms with Gasteiger partial charge in [0.1, 0.15) is 0 Å². The summed E-state index contributed by atoms with van der Waals surface area (Å²) in [5.41, 5.74) is 0.975. The standard InChI is InChI=1S/C6H9NO/c1-4-3-6(8)5(2)7-4/h3,5,7H,1-2H3/t5-/m0/s1. The summed E-state index contributed by atoms with van der Waals surface area (Å²) in [5.74, 6) is 0.183. The monoisotopic (exact) mass is 111 g/mol. The second-order valence-electron chi connectivity index (χ2n) is 2.10. The first kappa shape index (κ1) is 5.35. The van der Waals surface area contributed by atoms with Crippen LogP contribution in [-0.4, -0.2) is 11.8 Å². The van der Waals surface area contributed by atoms with Crippen LogP contribution >= 0.6 is 0 Å². The van der Waals surface area contributed by atoms with Gasteiger partial charge in [-0.25, -0.2) is 0 Å². The average molecular weight is 111 g/mol. The molecule has 0 radical (unpaired) electrons. The second-order valence-corrected chi connectivity index (χ2v) is 2.10. The molecule has 1 aliphatic rings. The molecule has 0 aromatic carbocycles. The summed E-state index contributed by atoms with van der Waals surface area (Å²) < 4.78 is 0. The smallest absolute Gasteiger partial charge is 0.179 e. The average Bonchev–Trinajstić information content (AvgIpc) is 1.85. The third-order valence-corrected chi connectivity index (χ3v) is 1.23. The van der Waals surface area contributed by atoms with E-state index in [1.54, 1.807) is 6.08 Å². The van der Waals surface area contributed by atoms with Gasteiger partial charge in [-0.05, 0) is 13.8 Å². The van der Waals surface area contributed by atoms with E-state index in [0.29, 0.717) is 0 Å². The molecule has 0 saturated heterocycles. The Balaban J connectivity index is 2.70. The molecule has 0 fully saturated rings. The molecule has 0 aromatic rings. The van der Waals surface area contributed by atoms with Gasteiger partial charge in [0, 0.05) is 11.8 Å². The fourth-order valence-corrected chi connectivity index (χ4v) is 0.793. The van der Waals surface area contributed by atoms with Crippen LogP contribution < -0.4 is 5.32 Å². The Bertz CT molecular complexity index is 149. The fraction of sp³-hybridized carbons (Fsp3) is 0.500. The van der Waals surface area contributed by atoms with Crippen molar-refractivity contribution in [2.75, 3.05) is 0 Å². The van der Waals surface area contributed by atoms with Gasteiger partial charge in [0.2, 0.25) is 0 Å². The molecule has 0 unspecified atom stereocenters. The summed E-state index contributed by atoms with van der Waals surface area (Å²) in [6, 6.07) is 0.00926. The lowest BCUT2D eigenvalue weighted by molar-refractivity contribution is -0.115. The summed E-state index contributed by atoms with van der Waals surface area (Å²) in [7, 11) is 0. The predicted octanol–water partition coefficient (Wildman–Crippen LogP) is 0.451. The lowest BCUT2D eigenvalue weighted by Gasteiger charge is -2.00. The van der Waals surface area contributed by atoms with Gasteiger partial charge in [-0.1, -0.05) is 0 Å². The highest BCUT2D eigenvalue weighted by Crippen LogP contribution is 2.01. The molecule has 1 rings (SSSR count). The summed E-state index contributed by atoms with van der Waals surface area (Å²) in [5, 5.41) is 2.98. The highest BCUT2D eigenvalue weighted by atomic mass is 16.1. The largest absolute Gasteiger partial charge is 0.379 e. The molecule has 1 heterocycles. The Labute approximate surface area is 48.6 Å². The quantitative estimate of drug-likeness (QED) is 0.491. The highest BCUT2D eigenvalue weighted by Gasteiger charge is 2.15. The van der Waals surface area contributed by atoms with Crippen molar-refractivity contribution in [1.82, 2.24) is 5.32 Å². The Morgan fingerprint density at radius 1 is 1.75 bits per heavy atom. The molecule has 1 N–H and O–H groups in total. The van der Waals surface area contributed by atoms with Crippen LogP contribution in [0.3, 0.4) is 0 Å². The number of carbonyl (C=O) groups is 1. The van der Waals surface area contributed by atoms with Crippen molar-refractivity contribution in [2.24, 2.45) is 0 Å². The molecule has 44 valence electrons. The summed E-state index contributed by atoms with van der Waals surface area (Å²) >= 11 is 0. The van der Waals surface area contributed by atoms with Crippen molar-refractivity contribution in [3.8, 4) is 0 Å². The highest BCUT2D eigenvalue weighted by molar-refractivity contribution is 5.96. The molecular weight excluding hydrogens is 102 g/mol. The predicted molar refractivity (Wildman–Crippen MR) is 31.4 cm³/mol. The number of nitrogens with one attached hydrogen (secondary N) is 1. The van der Waals surface area contributed by atoms with Crippen molar-refractivity contribution in [1.29, 1.82) is 0 Å². The van der Waals surface area contributed by atoms with Gasteiger partial charge in [-0.15, -0.1) is 0 Å². The van der Waals surface area contributed by atoms with Crippen molar-refractivity contribution in [3.05, 3.63) is 11.8 Å². The number of rotatable bonds is 0. The molecule has 1 aliphatic heterocycles. The molecule has 2 heteroatoms. The molecule has 0 spiro atoms. The van der Waals surface area contributed by atoms with Gasteiger partial charge in [0.05, 0.1) is 6.04 Å². The number of hydrogen-bond donors (Lipinski definition) is 1. The van der Waals surface area contributed by atoms with E-state index < -0.39 is 0 Å². The number of carbonyl (C=O) groups excluding carboxylic acids is 1. The first-order valence-electron chi connectivity index (χ1n) is 2.69. The first-order valence-corrected chi connectivity index (χ1v) is 2.69. The lowest BCUT2D eigenvalue weighted by atomic mass is 10.3. The summed E-state index contributed by atoms with van der Waals surface area (Å²) in [6.45, 7) is 3.75. The molecular formula is C6H9NO. The van der Waals surface area contributed by atoms with Gasteiger partial charge in [0.25, 0.3) is 0 Å². The minimum Gasteiger partial charge on any atom is -0.379 e. The fourth-order valence-electron chi connectivity index (χ4n) is 0.793. The third-order valence-electron chi connectivity index (χ3n) is 1.23. The van der Waals surface area contributed by atoms with Gasteiger partial charge >= 0.3 is 0 Å². The Kier molecular flexibility index (Phi) is 1.08. The van der Waals surface area contributed by atoms with Crippen LogP contribution in [0.15, 0.2) is 11.8 Å². The molecule has 0 saturated carbocycles. The van der Waals surface area contributed by atoms with Gasteiger partial charge < -0.3 is 5.32 Å². The summed E-state index contributed by atoms with van der Waals surface area (Å²) in [4.78, 5) is 10.6. The molecule has 0 aromatic heterocycles. The first-order chi connectivity index (χ1) is 3.70. The van der Waals surface area contributed by atoms with E-state index in [1.165, 1.54) is 0 Å².